The Morgan fingerprint density at radius 2 is 1.83 bits per heavy atom. The standard InChI is InChI=1S/C21H27N5O2S/c1-16-14-19(25-8-2-3-9-25)23-21(22-16)29-15-17-4-6-18(7-5-17)20(27)24-26-10-12-28-13-11-26/h4-7,14H,2-3,8-13,15H2,1H3,(H,24,27). The molecule has 0 bridgehead atoms. The maximum Gasteiger partial charge on any atom is 0.265 e. The molecule has 1 N–H and O–H groups in total. The number of hydrogen-bond acceptors (Lipinski definition) is 7. The molecular weight excluding hydrogens is 386 g/mol. The Bertz CT molecular complexity index is 833. The number of ether oxygens (including phenoxy) is 1. The van der Waals surface area contributed by atoms with Crippen molar-refractivity contribution in [1.29, 1.82) is 0 Å². The number of hydrazine groups is 1. The lowest BCUT2D eigenvalue weighted by Crippen LogP contribution is -2.48. The van der Waals surface area contributed by atoms with Gasteiger partial charge in [0.15, 0.2) is 5.16 Å². The van der Waals surface area contributed by atoms with E-state index in [2.05, 4.69) is 21.4 Å². The number of aryl methyl sites for hydroxylation is 1. The fraction of sp³-hybridized carbons (Fsp3) is 0.476. The van der Waals surface area contributed by atoms with Gasteiger partial charge in [0.25, 0.3) is 5.91 Å². The molecule has 2 aliphatic rings. The van der Waals surface area contributed by atoms with Gasteiger partial charge in [-0.25, -0.2) is 15.0 Å². The maximum atomic E-state index is 12.4. The number of aromatic nitrogens is 2. The highest BCUT2D eigenvalue weighted by molar-refractivity contribution is 7.98. The number of amides is 1. The van der Waals surface area contributed by atoms with Crippen LogP contribution in [0.15, 0.2) is 35.5 Å². The molecule has 0 radical (unpaired) electrons. The van der Waals surface area contributed by atoms with Gasteiger partial charge in [0.1, 0.15) is 5.82 Å². The molecule has 2 fully saturated rings. The minimum Gasteiger partial charge on any atom is -0.379 e. The summed E-state index contributed by atoms with van der Waals surface area (Å²) in [6.07, 6.45) is 2.47. The van der Waals surface area contributed by atoms with E-state index in [0.29, 0.717) is 18.8 Å². The molecule has 3 heterocycles. The molecule has 0 atom stereocenters. The number of nitrogens with zero attached hydrogens (tertiary/aromatic N) is 4. The second kappa shape index (κ2) is 9.56. The fourth-order valence-corrected chi connectivity index (χ4v) is 4.34. The molecule has 154 valence electrons. The Morgan fingerprint density at radius 1 is 1.10 bits per heavy atom. The van der Waals surface area contributed by atoms with Crippen molar-refractivity contribution in [1.82, 2.24) is 20.4 Å². The second-order valence-corrected chi connectivity index (χ2v) is 8.31. The van der Waals surface area contributed by atoms with E-state index in [4.69, 9.17) is 9.72 Å². The number of morpholine rings is 1. The van der Waals surface area contributed by atoms with Crippen LogP contribution in [-0.2, 0) is 10.5 Å². The first kappa shape index (κ1) is 20.1. The average molecular weight is 414 g/mol. The first-order valence-corrected chi connectivity index (χ1v) is 11.1. The summed E-state index contributed by atoms with van der Waals surface area (Å²) in [5.41, 5.74) is 5.74. The van der Waals surface area contributed by atoms with Crippen LogP contribution in [0.5, 0.6) is 0 Å². The predicted octanol–water partition coefficient (Wildman–Crippen LogP) is 2.65. The average Bonchev–Trinajstić information content (AvgIpc) is 3.28. The molecule has 1 aromatic heterocycles. The number of anilines is 1. The molecule has 2 aromatic rings. The van der Waals surface area contributed by atoms with E-state index in [1.54, 1.807) is 11.8 Å². The van der Waals surface area contributed by atoms with Crippen LogP contribution in [0.1, 0.15) is 34.5 Å². The van der Waals surface area contributed by atoms with Gasteiger partial charge in [0.05, 0.1) is 13.2 Å². The van der Waals surface area contributed by atoms with Crippen LogP contribution >= 0.6 is 11.8 Å². The summed E-state index contributed by atoms with van der Waals surface area (Å²) < 4.78 is 5.30. The summed E-state index contributed by atoms with van der Waals surface area (Å²) in [6.45, 7) is 6.91. The molecule has 0 saturated carbocycles. The van der Waals surface area contributed by atoms with Crippen LogP contribution in [0.25, 0.3) is 0 Å². The zero-order valence-corrected chi connectivity index (χ0v) is 17.6. The minimum atomic E-state index is -0.0802. The zero-order valence-electron chi connectivity index (χ0n) is 16.8. The van der Waals surface area contributed by atoms with E-state index in [9.17, 15) is 4.79 Å². The van der Waals surface area contributed by atoms with E-state index >= 15 is 0 Å². The van der Waals surface area contributed by atoms with E-state index in [0.717, 1.165) is 54.2 Å². The molecular formula is C21H27N5O2S. The summed E-state index contributed by atoms with van der Waals surface area (Å²) >= 11 is 1.63. The Hall–Kier alpha value is -2.16. The van der Waals surface area contributed by atoms with Crippen LogP contribution in [0.3, 0.4) is 0 Å². The predicted molar refractivity (Wildman–Crippen MR) is 114 cm³/mol. The second-order valence-electron chi connectivity index (χ2n) is 7.37. The molecule has 0 unspecified atom stereocenters. The number of rotatable bonds is 6. The SMILES string of the molecule is Cc1cc(N2CCCC2)nc(SCc2ccc(C(=O)NN3CCOCC3)cc2)n1. The number of carbonyl (C=O) groups excluding carboxylic acids is 1. The van der Waals surface area contributed by atoms with Crippen LogP contribution in [0, 0.1) is 6.92 Å². The smallest absolute Gasteiger partial charge is 0.265 e. The van der Waals surface area contributed by atoms with Crippen molar-refractivity contribution in [3.8, 4) is 0 Å². The Balaban J connectivity index is 1.33. The van der Waals surface area contributed by atoms with Crippen molar-refractivity contribution >= 4 is 23.5 Å². The Labute approximate surface area is 175 Å². The maximum absolute atomic E-state index is 12.4. The van der Waals surface area contributed by atoms with Crippen molar-refractivity contribution < 1.29 is 9.53 Å². The summed E-state index contributed by atoms with van der Waals surface area (Å²) in [5.74, 6) is 1.73. The van der Waals surface area contributed by atoms with Crippen LogP contribution < -0.4 is 10.3 Å². The van der Waals surface area contributed by atoms with Crippen molar-refractivity contribution in [3.63, 3.8) is 0 Å². The first-order chi connectivity index (χ1) is 14.2. The molecule has 0 aliphatic carbocycles. The summed E-state index contributed by atoms with van der Waals surface area (Å²) in [5, 5.41) is 2.71. The third-order valence-corrected chi connectivity index (χ3v) is 6.02. The monoisotopic (exact) mass is 413 g/mol. The van der Waals surface area contributed by atoms with Crippen LogP contribution in [0.2, 0.25) is 0 Å². The van der Waals surface area contributed by atoms with E-state index in [-0.39, 0.29) is 5.91 Å². The lowest BCUT2D eigenvalue weighted by atomic mass is 10.1. The number of thioether (sulfide) groups is 1. The van der Waals surface area contributed by atoms with Gasteiger partial charge in [-0.3, -0.25) is 10.2 Å². The summed E-state index contributed by atoms with van der Waals surface area (Å²) in [4.78, 5) is 24.0. The third kappa shape index (κ3) is 5.46. The first-order valence-electron chi connectivity index (χ1n) is 10.1. The van der Waals surface area contributed by atoms with Crippen molar-refractivity contribution in [3.05, 3.63) is 47.2 Å². The lowest BCUT2D eigenvalue weighted by molar-refractivity contribution is 0.0126. The molecule has 2 saturated heterocycles. The summed E-state index contributed by atoms with van der Waals surface area (Å²) in [7, 11) is 0. The minimum absolute atomic E-state index is 0.0802. The van der Waals surface area contributed by atoms with Gasteiger partial charge >= 0.3 is 0 Å². The molecule has 1 amide bonds. The van der Waals surface area contributed by atoms with Gasteiger partial charge in [0, 0.05) is 49.3 Å². The van der Waals surface area contributed by atoms with E-state index < -0.39 is 0 Å². The van der Waals surface area contributed by atoms with Gasteiger partial charge in [-0.15, -0.1) is 0 Å². The molecule has 7 nitrogen and oxygen atoms in total. The number of nitrogens with one attached hydrogen (secondary N) is 1. The van der Waals surface area contributed by atoms with Crippen molar-refractivity contribution in [2.75, 3.05) is 44.3 Å². The lowest BCUT2D eigenvalue weighted by Gasteiger charge is -2.26. The van der Waals surface area contributed by atoms with Crippen molar-refractivity contribution in [2.24, 2.45) is 0 Å². The van der Waals surface area contributed by atoms with Crippen molar-refractivity contribution in [2.45, 2.75) is 30.7 Å². The largest absolute Gasteiger partial charge is 0.379 e. The quantitative estimate of drug-likeness (QED) is 0.577. The molecule has 2 aliphatic heterocycles. The van der Waals surface area contributed by atoms with Crippen LogP contribution in [-0.4, -0.2) is 60.3 Å². The van der Waals surface area contributed by atoms with E-state index in [1.165, 1.54) is 12.8 Å². The molecule has 4 rings (SSSR count). The zero-order chi connectivity index (χ0) is 20.1. The highest BCUT2D eigenvalue weighted by Gasteiger charge is 2.16. The molecule has 29 heavy (non-hydrogen) atoms. The van der Waals surface area contributed by atoms with Gasteiger partial charge in [-0.05, 0) is 37.5 Å². The van der Waals surface area contributed by atoms with Gasteiger partial charge in [0.2, 0.25) is 0 Å². The fourth-order valence-electron chi connectivity index (χ4n) is 3.48. The summed E-state index contributed by atoms with van der Waals surface area (Å²) in [6, 6.07) is 9.81. The molecule has 1 aromatic carbocycles. The number of hydrogen-bond donors (Lipinski definition) is 1. The normalized spacial score (nSPS) is 17.5. The molecule has 8 heteroatoms. The van der Waals surface area contributed by atoms with Gasteiger partial charge < -0.3 is 9.64 Å². The number of carbonyl (C=O) groups is 1. The number of benzene rings is 1. The van der Waals surface area contributed by atoms with Crippen LogP contribution in [0.4, 0.5) is 5.82 Å². The molecule has 0 spiro atoms. The Kier molecular flexibility index (Phi) is 6.63. The third-order valence-electron chi connectivity index (χ3n) is 5.11. The van der Waals surface area contributed by atoms with Gasteiger partial charge in [-0.2, -0.15) is 0 Å². The van der Waals surface area contributed by atoms with Gasteiger partial charge in [-0.1, -0.05) is 23.9 Å². The van der Waals surface area contributed by atoms with E-state index in [1.807, 2.05) is 36.2 Å². The highest BCUT2D eigenvalue weighted by Crippen LogP contribution is 2.24. The topological polar surface area (TPSA) is 70.6 Å². The Morgan fingerprint density at radius 3 is 2.55 bits per heavy atom. The highest BCUT2D eigenvalue weighted by atomic mass is 32.2.